The van der Waals surface area contributed by atoms with Crippen LogP contribution in [0.5, 0.6) is 0 Å². The number of H-pyrrole nitrogens is 1. The number of hydrogen-bond donors (Lipinski definition) is 3. The summed E-state index contributed by atoms with van der Waals surface area (Å²) in [7, 11) is 0. The standard InChI is InChI=1S/C20H23FN4O3/c21-17-4-2-1-3-15(17)19-16(9-22-24-19)20(28)23-13-7-14(8-13)25(11-18(26)27)10-12-5-6-12/h1-4,9,12-14H,5-8,10-11H2,(H,22,24)(H,23,28)(H,26,27). The van der Waals surface area contributed by atoms with Gasteiger partial charge in [-0.3, -0.25) is 19.6 Å². The van der Waals surface area contributed by atoms with Crippen molar-refractivity contribution in [2.45, 2.75) is 37.8 Å². The molecular formula is C20H23FN4O3. The second-order valence-corrected chi connectivity index (χ2v) is 7.70. The number of benzene rings is 1. The van der Waals surface area contributed by atoms with Gasteiger partial charge in [0.1, 0.15) is 5.82 Å². The quantitative estimate of drug-likeness (QED) is 0.647. The van der Waals surface area contributed by atoms with Crippen LogP contribution in [0.4, 0.5) is 4.39 Å². The van der Waals surface area contributed by atoms with E-state index in [0.717, 1.165) is 19.4 Å². The van der Waals surface area contributed by atoms with Crippen LogP contribution in [-0.2, 0) is 4.79 Å². The third kappa shape index (κ3) is 4.06. The number of aliphatic carboxylic acids is 1. The summed E-state index contributed by atoms with van der Waals surface area (Å²) in [5.41, 5.74) is 0.954. The van der Waals surface area contributed by atoms with Crippen molar-refractivity contribution in [2.24, 2.45) is 5.92 Å². The average Bonchev–Trinajstić information content (AvgIpc) is 3.29. The molecule has 0 radical (unpaired) electrons. The van der Waals surface area contributed by atoms with Gasteiger partial charge in [-0.05, 0) is 43.7 Å². The van der Waals surface area contributed by atoms with Crippen LogP contribution in [0.2, 0.25) is 0 Å². The van der Waals surface area contributed by atoms with E-state index in [1.54, 1.807) is 18.2 Å². The van der Waals surface area contributed by atoms with Crippen LogP contribution in [0, 0.1) is 11.7 Å². The van der Waals surface area contributed by atoms with E-state index in [0.29, 0.717) is 22.7 Å². The van der Waals surface area contributed by atoms with Crippen LogP contribution in [0.3, 0.4) is 0 Å². The number of aromatic amines is 1. The molecule has 1 aromatic carbocycles. The van der Waals surface area contributed by atoms with Gasteiger partial charge in [0.15, 0.2) is 0 Å². The van der Waals surface area contributed by atoms with Gasteiger partial charge < -0.3 is 10.4 Å². The van der Waals surface area contributed by atoms with E-state index in [4.69, 9.17) is 5.11 Å². The number of amides is 1. The van der Waals surface area contributed by atoms with Crippen molar-refractivity contribution < 1.29 is 19.1 Å². The van der Waals surface area contributed by atoms with Gasteiger partial charge in [-0.25, -0.2) is 4.39 Å². The Bertz CT molecular complexity index is 874. The Morgan fingerprint density at radius 3 is 2.71 bits per heavy atom. The van der Waals surface area contributed by atoms with Crippen LogP contribution >= 0.6 is 0 Å². The van der Waals surface area contributed by atoms with Crippen LogP contribution < -0.4 is 5.32 Å². The molecule has 2 aliphatic carbocycles. The summed E-state index contributed by atoms with van der Waals surface area (Å²) in [6.07, 6.45) is 5.18. The minimum Gasteiger partial charge on any atom is -0.480 e. The smallest absolute Gasteiger partial charge is 0.317 e. The summed E-state index contributed by atoms with van der Waals surface area (Å²) in [6.45, 7) is 0.859. The van der Waals surface area contributed by atoms with Crippen LogP contribution in [0.1, 0.15) is 36.0 Å². The van der Waals surface area contributed by atoms with Gasteiger partial charge in [-0.2, -0.15) is 5.10 Å². The Morgan fingerprint density at radius 2 is 2.04 bits per heavy atom. The lowest BCUT2D eigenvalue weighted by molar-refractivity contribution is -0.139. The molecule has 1 amide bonds. The average molecular weight is 386 g/mol. The molecule has 0 atom stereocenters. The summed E-state index contributed by atoms with van der Waals surface area (Å²) in [6, 6.07) is 6.39. The molecule has 28 heavy (non-hydrogen) atoms. The lowest BCUT2D eigenvalue weighted by atomic mass is 9.85. The zero-order valence-corrected chi connectivity index (χ0v) is 15.4. The normalized spacial score (nSPS) is 21.4. The molecule has 1 heterocycles. The number of halogens is 1. The number of rotatable bonds is 8. The van der Waals surface area contributed by atoms with Crippen molar-refractivity contribution in [1.82, 2.24) is 20.4 Å². The zero-order chi connectivity index (χ0) is 19.7. The number of hydrogen-bond acceptors (Lipinski definition) is 4. The highest BCUT2D eigenvalue weighted by Gasteiger charge is 2.38. The molecule has 0 aliphatic heterocycles. The summed E-state index contributed by atoms with van der Waals surface area (Å²) in [5, 5.41) is 18.7. The molecule has 4 rings (SSSR count). The molecule has 2 aliphatic rings. The lowest BCUT2D eigenvalue weighted by Crippen LogP contribution is -2.55. The molecule has 148 valence electrons. The molecule has 2 aromatic rings. The van der Waals surface area contributed by atoms with Gasteiger partial charge in [0.25, 0.3) is 5.91 Å². The van der Waals surface area contributed by atoms with E-state index in [9.17, 15) is 14.0 Å². The Balaban J connectivity index is 1.36. The van der Waals surface area contributed by atoms with Crippen molar-refractivity contribution in [2.75, 3.05) is 13.1 Å². The second kappa shape index (κ2) is 7.71. The highest BCUT2D eigenvalue weighted by Crippen LogP contribution is 2.34. The van der Waals surface area contributed by atoms with Crippen molar-refractivity contribution >= 4 is 11.9 Å². The van der Waals surface area contributed by atoms with E-state index < -0.39 is 11.8 Å². The number of aromatic nitrogens is 2. The molecule has 0 spiro atoms. The Morgan fingerprint density at radius 1 is 1.29 bits per heavy atom. The minimum absolute atomic E-state index is 0.0173. The highest BCUT2D eigenvalue weighted by atomic mass is 19.1. The Labute approximate surface area is 161 Å². The zero-order valence-electron chi connectivity index (χ0n) is 15.4. The summed E-state index contributed by atoms with van der Waals surface area (Å²) >= 11 is 0. The molecule has 8 heteroatoms. The number of nitrogens with zero attached hydrogens (tertiary/aromatic N) is 2. The van der Waals surface area contributed by atoms with Crippen LogP contribution in [-0.4, -0.2) is 57.3 Å². The molecule has 1 aromatic heterocycles. The fourth-order valence-electron chi connectivity index (χ4n) is 3.74. The summed E-state index contributed by atoms with van der Waals surface area (Å²) in [5.74, 6) is -0.931. The molecule has 0 bridgehead atoms. The van der Waals surface area contributed by atoms with Gasteiger partial charge in [0, 0.05) is 24.2 Å². The molecule has 2 fully saturated rings. The number of carbonyl (C=O) groups excluding carboxylic acids is 1. The van der Waals surface area contributed by atoms with E-state index >= 15 is 0 Å². The van der Waals surface area contributed by atoms with Crippen molar-refractivity contribution in [3.05, 3.63) is 41.8 Å². The van der Waals surface area contributed by atoms with E-state index in [-0.39, 0.29) is 24.5 Å². The van der Waals surface area contributed by atoms with Gasteiger partial charge in [-0.15, -0.1) is 0 Å². The van der Waals surface area contributed by atoms with Crippen LogP contribution in [0.15, 0.2) is 30.5 Å². The first kappa shape index (κ1) is 18.6. The third-order valence-corrected chi connectivity index (χ3v) is 5.52. The lowest BCUT2D eigenvalue weighted by Gasteiger charge is -2.42. The third-order valence-electron chi connectivity index (χ3n) is 5.52. The fraction of sp³-hybridized carbons (Fsp3) is 0.450. The molecule has 0 saturated heterocycles. The molecule has 2 saturated carbocycles. The van der Waals surface area contributed by atoms with E-state index in [1.807, 2.05) is 4.90 Å². The maximum Gasteiger partial charge on any atom is 0.317 e. The minimum atomic E-state index is -0.818. The first-order valence-electron chi connectivity index (χ1n) is 9.56. The number of carboxylic acids is 1. The second-order valence-electron chi connectivity index (χ2n) is 7.70. The first-order chi connectivity index (χ1) is 13.5. The number of carbonyl (C=O) groups is 2. The topological polar surface area (TPSA) is 98.3 Å². The Hall–Kier alpha value is -2.74. The molecule has 3 N–H and O–H groups in total. The predicted octanol–water partition coefficient (Wildman–Crippen LogP) is 2.27. The van der Waals surface area contributed by atoms with Crippen molar-refractivity contribution in [3.8, 4) is 11.3 Å². The van der Waals surface area contributed by atoms with Crippen LogP contribution in [0.25, 0.3) is 11.3 Å². The maximum absolute atomic E-state index is 14.1. The Kier molecular flexibility index (Phi) is 5.13. The fourth-order valence-corrected chi connectivity index (χ4v) is 3.74. The van der Waals surface area contributed by atoms with Gasteiger partial charge >= 0.3 is 5.97 Å². The monoisotopic (exact) mass is 386 g/mol. The predicted molar refractivity (Wildman–Crippen MR) is 100 cm³/mol. The molecule has 7 nitrogen and oxygen atoms in total. The summed E-state index contributed by atoms with van der Waals surface area (Å²) < 4.78 is 14.1. The van der Waals surface area contributed by atoms with E-state index in [1.165, 1.54) is 25.1 Å². The van der Waals surface area contributed by atoms with Crippen molar-refractivity contribution in [1.29, 1.82) is 0 Å². The van der Waals surface area contributed by atoms with Gasteiger partial charge in [0.2, 0.25) is 0 Å². The summed E-state index contributed by atoms with van der Waals surface area (Å²) in [4.78, 5) is 25.8. The number of carboxylic acid groups (broad SMARTS) is 1. The van der Waals surface area contributed by atoms with Gasteiger partial charge in [-0.1, -0.05) is 12.1 Å². The molecule has 0 unspecified atom stereocenters. The largest absolute Gasteiger partial charge is 0.480 e. The highest BCUT2D eigenvalue weighted by molar-refractivity contribution is 6.00. The van der Waals surface area contributed by atoms with Crippen molar-refractivity contribution in [3.63, 3.8) is 0 Å². The maximum atomic E-state index is 14.1. The first-order valence-corrected chi connectivity index (χ1v) is 9.56. The number of nitrogens with one attached hydrogen (secondary N) is 2. The molecular weight excluding hydrogens is 363 g/mol. The van der Waals surface area contributed by atoms with E-state index in [2.05, 4.69) is 15.5 Å². The SMILES string of the molecule is O=C(O)CN(CC1CC1)C1CC(NC(=O)c2cn[nH]c2-c2ccccc2F)C1. The van der Waals surface area contributed by atoms with Gasteiger partial charge in [0.05, 0.1) is 24.0 Å².